The van der Waals surface area contributed by atoms with Crippen molar-refractivity contribution in [2.75, 3.05) is 27.3 Å². The van der Waals surface area contributed by atoms with Crippen LogP contribution in [0.1, 0.15) is 63.3 Å². The lowest BCUT2D eigenvalue weighted by molar-refractivity contribution is -0.134. The lowest BCUT2D eigenvalue weighted by Gasteiger charge is -2.32. The van der Waals surface area contributed by atoms with Crippen molar-refractivity contribution in [2.45, 2.75) is 69.9 Å². The number of hydrogen-bond donors (Lipinski definition) is 6. The normalized spacial score (nSPS) is 19.7. The van der Waals surface area contributed by atoms with E-state index in [0.29, 0.717) is 18.9 Å². The summed E-state index contributed by atoms with van der Waals surface area (Å²) in [6.07, 6.45) is 4.86. The Morgan fingerprint density at radius 1 is 0.804 bits per heavy atom. The van der Waals surface area contributed by atoms with Gasteiger partial charge in [-0.1, -0.05) is 24.3 Å². The molecule has 2 aliphatic heterocycles. The quantitative estimate of drug-likeness (QED) is 0.127. The molecule has 5 heterocycles. The maximum Gasteiger partial charge on any atom is 0.407 e. The number of hydrogen-bond acceptors (Lipinski definition) is 9. The second kappa shape index (κ2) is 14.1. The number of H-pyrrole nitrogens is 3. The lowest BCUT2D eigenvalue weighted by atomic mass is 10.1. The number of aromatic nitrogens is 5. The summed E-state index contributed by atoms with van der Waals surface area (Å²) in [6.45, 7) is 4.68. The van der Waals surface area contributed by atoms with Gasteiger partial charge in [0.2, 0.25) is 5.91 Å². The van der Waals surface area contributed by atoms with Crippen LogP contribution in [0.4, 0.5) is 9.59 Å². The highest BCUT2D eigenvalue weighted by Crippen LogP contribution is 2.36. The smallest absolute Gasteiger partial charge is 0.407 e. The summed E-state index contributed by atoms with van der Waals surface area (Å²) in [6, 6.07) is 11.0. The largest absolute Gasteiger partial charge is 0.453 e. The lowest BCUT2D eigenvalue weighted by Crippen LogP contribution is -2.50. The molecule has 0 saturated carbocycles. The van der Waals surface area contributed by atoms with Crippen LogP contribution in [-0.4, -0.2) is 104 Å². The van der Waals surface area contributed by atoms with Crippen LogP contribution in [0.5, 0.6) is 0 Å². The number of methoxy groups -OCH3 is 2. The number of nitrogens with one attached hydrogen (secondary N) is 5. The van der Waals surface area contributed by atoms with E-state index < -0.39 is 30.5 Å². The second-order valence-electron chi connectivity index (χ2n) is 13.3. The third-order valence-corrected chi connectivity index (χ3v) is 10.1. The Labute approximate surface area is 294 Å². The Hall–Kier alpha value is -5.41. The zero-order chi connectivity index (χ0) is 35.8. The van der Waals surface area contributed by atoms with Gasteiger partial charge in [-0.05, 0) is 51.7 Å². The molecule has 268 valence electrons. The Kier molecular flexibility index (Phi) is 9.40. The van der Waals surface area contributed by atoms with E-state index in [2.05, 4.69) is 71.7 Å². The predicted octanol–water partition coefficient (Wildman–Crippen LogP) is 4.71. The number of fused-ring (bicyclic) bond motifs is 3. The topological polar surface area (TPSA) is 194 Å². The molecule has 3 amide bonds. The molecule has 0 bridgehead atoms. The Bertz CT molecular complexity index is 2070. The molecule has 0 aliphatic carbocycles. The van der Waals surface area contributed by atoms with Crippen LogP contribution in [0, 0.1) is 0 Å². The Balaban J connectivity index is 1.08. The van der Waals surface area contributed by atoms with E-state index in [-0.39, 0.29) is 18.0 Å². The summed E-state index contributed by atoms with van der Waals surface area (Å²) in [5.41, 5.74) is 5.61. The SMILES string of the molecule is COC(=O)N[C@@H](C)C(=O)N1CCC[C@H]1c1ncc(-c2ccc3c(c2)[nH]c2cc(-c4cnc([C@@H]5CCCN5C(O)[C@H](C)NC(=O)OC)[nH]4)ccc23)[nH]1. The minimum atomic E-state index is -0.890. The van der Waals surface area contributed by atoms with Gasteiger partial charge in [0.15, 0.2) is 0 Å². The number of rotatable bonds is 9. The molecular weight excluding hydrogens is 654 g/mol. The molecule has 0 spiro atoms. The first kappa shape index (κ1) is 34.1. The van der Waals surface area contributed by atoms with Gasteiger partial charge in [-0.2, -0.15) is 0 Å². The summed E-state index contributed by atoms with van der Waals surface area (Å²) in [7, 11) is 2.57. The van der Waals surface area contributed by atoms with Crippen molar-refractivity contribution in [3.8, 4) is 22.5 Å². The van der Waals surface area contributed by atoms with E-state index in [1.54, 1.807) is 24.9 Å². The maximum atomic E-state index is 13.1. The molecule has 3 aromatic heterocycles. The summed E-state index contributed by atoms with van der Waals surface area (Å²) in [5, 5.41) is 18.4. The third kappa shape index (κ3) is 6.61. The van der Waals surface area contributed by atoms with Crippen molar-refractivity contribution in [1.82, 2.24) is 45.4 Å². The van der Waals surface area contributed by atoms with E-state index in [1.165, 1.54) is 14.2 Å². The average molecular weight is 698 g/mol. The average Bonchev–Trinajstić information content (AvgIpc) is 3.98. The molecule has 15 heteroatoms. The van der Waals surface area contributed by atoms with Crippen LogP contribution in [0.25, 0.3) is 44.3 Å². The first-order chi connectivity index (χ1) is 24.6. The molecular formula is C36H43N9O6. The minimum Gasteiger partial charge on any atom is -0.453 e. The fourth-order valence-electron chi connectivity index (χ4n) is 7.42. The number of aromatic amines is 3. The van der Waals surface area contributed by atoms with Gasteiger partial charge in [0.05, 0.1) is 56.1 Å². The maximum absolute atomic E-state index is 13.1. The Morgan fingerprint density at radius 2 is 1.35 bits per heavy atom. The predicted molar refractivity (Wildman–Crippen MR) is 189 cm³/mol. The van der Waals surface area contributed by atoms with Crippen molar-refractivity contribution in [2.24, 2.45) is 0 Å². The van der Waals surface area contributed by atoms with E-state index >= 15 is 0 Å². The highest BCUT2D eigenvalue weighted by Gasteiger charge is 2.36. The van der Waals surface area contributed by atoms with Crippen LogP contribution < -0.4 is 10.6 Å². The third-order valence-electron chi connectivity index (χ3n) is 10.1. The highest BCUT2D eigenvalue weighted by molar-refractivity contribution is 6.09. The van der Waals surface area contributed by atoms with Gasteiger partial charge in [-0.25, -0.2) is 19.6 Å². The van der Waals surface area contributed by atoms with Gasteiger partial charge >= 0.3 is 12.2 Å². The van der Waals surface area contributed by atoms with Crippen molar-refractivity contribution in [3.63, 3.8) is 0 Å². The van der Waals surface area contributed by atoms with Gasteiger partial charge in [0.25, 0.3) is 0 Å². The molecule has 1 unspecified atom stereocenters. The fraction of sp³-hybridized carbons (Fsp3) is 0.417. The van der Waals surface area contributed by atoms with Crippen molar-refractivity contribution < 1.29 is 29.0 Å². The molecule has 0 radical (unpaired) electrons. The van der Waals surface area contributed by atoms with Gasteiger partial charge in [-0.15, -0.1) is 0 Å². The molecule has 5 aromatic rings. The van der Waals surface area contributed by atoms with Crippen LogP contribution in [-0.2, 0) is 14.3 Å². The number of aliphatic hydroxyl groups excluding tert-OH is 1. The summed E-state index contributed by atoms with van der Waals surface area (Å²) < 4.78 is 9.34. The summed E-state index contributed by atoms with van der Waals surface area (Å²) in [5.74, 6) is 1.30. The van der Waals surface area contributed by atoms with Crippen molar-refractivity contribution >= 4 is 39.9 Å². The summed E-state index contributed by atoms with van der Waals surface area (Å²) in [4.78, 5) is 60.1. The number of alkyl carbamates (subject to hydrolysis) is 2. The molecule has 6 N–H and O–H groups in total. The standard InChI is InChI=1S/C36H43N9O6/c1-19(39-35(48)50-3)33(46)44-13-5-7-29(44)31-37-17-27(42-31)21-9-11-23-24-12-10-22(16-26(24)41-25(23)15-21)28-18-38-32(43-28)30-8-6-14-45(30)34(47)20(2)40-36(49)51-4/h9-12,15-20,29-30,33,41,46H,5-8,13-14H2,1-4H3,(H,37,42)(H,38,43)(H,39,48)(H,40,49)/t19-,20-,29-,30-,33?/m0/s1. The molecule has 51 heavy (non-hydrogen) atoms. The van der Waals surface area contributed by atoms with Crippen LogP contribution >= 0.6 is 0 Å². The number of benzene rings is 2. The molecule has 2 saturated heterocycles. The molecule has 2 aromatic carbocycles. The van der Waals surface area contributed by atoms with Crippen molar-refractivity contribution in [1.29, 1.82) is 0 Å². The Morgan fingerprint density at radius 3 is 1.96 bits per heavy atom. The monoisotopic (exact) mass is 697 g/mol. The number of ether oxygens (including phenoxy) is 2. The molecule has 5 atom stereocenters. The molecule has 7 rings (SSSR count). The summed E-state index contributed by atoms with van der Waals surface area (Å²) >= 11 is 0. The van der Waals surface area contributed by atoms with Crippen LogP contribution in [0.3, 0.4) is 0 Å². The number of imidazole rings is 2. The second-order valence-corrected chi connectivity index (χ2v) is 13.3. The fourth-order valence-corrected chi connectivity index (χ4v) is 7.42. The van der Waals surface area contributed by atoms with E-state index in [4.69, 9.17) is 9.72 Å². The van der Waals surface area contributed by atoms with Gasteiger partial charge in [-0.3, -0.25) is 9.69 Å². The number of amides is 3. The number of nitrogens with zero attached hydrogens (tertiary/aromatic N) is 4. The van der Waals surface area contributed by atoms with Crippen LogP contribution in [0.2, 0.25) is 0 Å². The van der Waals surface area contributed by atoms with E-state index in [9.17, 15) is 19.5 Å². The number of aliphatic hydroxyl groups is 1. The zero-order valence-electron chi connectivity index (χ0n) is 29.0. The number of likely N-dealkylation sites (tertiary alicyclic amines) is 2. The molecule has 2 aliphatic rings. The highest BCUT2D eigenvalue weighted by atomic mass is 16.5. The van der Waals surface area contributed by atoms with Gasteiger partial charge < -0.3 is 45.1 Å². The van der Waals surface area contributed by atoms with E-state index in [0.717, 1.165) is 75.8 Å². The molecule has 15 nitrogen and oxygen atoms in total. The number of carbonyl (C=O) groups excluding carboxylic acids is 3. The van der Waals surface area contributed by atoms with Gasteiger partial charge in [0.1, 0.15) is 23.9 Å². The van der Waals surface area contributed by atoms with Crippen molar-refractivity contribution in [3.05, 3.63) is 60.4 Å². The molecule has 2 fully saturated rings. The first-order valence-electron chi connectivity index (χ1n) is 17.2. The van der Waals surface area contributed by atoms with E-state index in [1.807, 2.05) is 11.1 Å². The zero-order valence-corrected chi connectivity index (χ0v) is 29.0. The number of carbonyl (C=O) groups is 3. The minimum absolute atomic E-state index is 0.113. The van der Waals surface area contributed by atoms with Gasteiger partial charge in [0, 0.05) is 46.0 Å². The van der Waals surface area contributed by atoms with Crippen LogP contribution in [0.15, 0.2) is 48.8 Å². The first-order valence-corrected chi connectivity index (χ1v) is 17.2.